The fourth-order valence-electron chi connectivity index (χ4n) is 2.99. The first-order valence-corrected chi connectivity index (χ1v) is 10.2. The second kappa shape index (κ2) is 9.86. The molecule has 0 aliphatic carbocycles. The highest BCUT2D eigenvalue weighted by Crippen LogP contribution is 2.23. The number of likely N-dealkylation sites (N-methyl/N-ethyl adjacent to an activating group) is 1. The van der Waals surface area contributed by atoms with Crippen molar-refractivity contribution in [2.75, 3.05) is 19.3 Å². The van der Waals surface area contributed by atoms with Crippen LogP contribution in [0.25, 0.3) is 22.3 Å². The number of hydrogen-bond donors (Lipinski definition) is 2. The smallest absolute Gasteiger partial charge is 0.263 e. The highest BCUT2D eigenvalue weighted by molar-refractivity contribution is 5.91. The Morgan fingerprint density at radius 1 is 1.28 bits per heavy atom. The summed E-state index contributed by atoms with van der Waals surface area (Å²) in [6.45, 7) is 4.72. The normalized spacial score (nSPS) is 11.5. The molecule has 0 fully saturated rings. The fourth-order valence-corrected chi connectivity index (χ4v) is 2.99. The van der Waals surface area contributed by atoms with Gasteiger partial charge in [-0.3, -0.25) is 4.79 Å². The lowest BCUT2D eigenvalue weighted by molar-refractivity contribution is -0.136. The maximum atomic E-state index is 12.3. The van der Waals surface area contributed by atoms with Gasteiger partial charge < -0.3 is 15.7 Å². The van der Waals surface area contributed by atoms with Crippen molar-refractivity contribution in [3.63, 3.8) is 0 Å². The first-order valence-electron chi connectivity index (χ1n) is 10.2. The lowest BCUT2D eigenvalue weighted by Gasteiger charge is -2.19. The number of nitrogens with zero attached hydrogens (tertiary/aromatic N) is 5. The first kappa shape index (κ1) is 22.7. The van der Waals surface area contributed by atoms with Gasteiger partial charge in [-0.1, -0.05) is 37.8 Å². The summed E-state index contributed by atoms with van der Waals surface area (Å²) in [5.41, 5.74) is 7.95. The van der Waals surface area contributed by atoms with E-state index in [1.165, 1.54) is 11.1 Å². The Kier molecular flexibility index (Phi) is 6.99. The average molecular weight is 428 g/mol. The molecule has 0 aliphatic heterocycles. The zero-order valence-corrected chi connectivity index (χ0v) is 18.2. The number of amides is 1. The Labute approximate surface area is 186 Å². The van der Waals surface area contributed by atoms with Gasteiger partial charge >= 0.3 is 0 Å². The van der Waals surface area contributed by atoms with E-state index in [0.717, 1.165) is 6.42 Å². The van der Waals surface area contributed by atoms with Crippen LogP contribution in [0.5, 0.6) is 0 Å². The fraction of sp³-hybridized carbons (Fsp3) is 0.292. The monoisotopic (exact) mass is 428 g/mol. The number of aromatic nitrogens is 3. The number of carbonyl (C=O) groups excluding carboxylic acids is 1. The Hall–Kier alpha value is -4.01. The van der Waals surface area contributed by atoms with Crippen molar-refractivity contribution in [1.29, 1.82) is 5.26 Å². The highest BCUT2D eigenvalue weighted by Gasteiger charge is 2.17. The van der Waals surface area contributed by atoms with Gasteiger partial charge in [-0.2, -0.15) is 5.26 Å². The van der Waals surface area contributed by atoms with Crippen LogP contribution < -0.4 is 5.73 Å². The number of aliphatic hydroxyl groups excluding tert-OH is 1. The lowest BCUT2D eigenvalue weighted by Crippen LogP contribution is -2.36. The topological polar surface area (TPSA) is 129 Å². The van der Waals surface area contributed by atoms with E-state index in [4.69, 9.17) is 5.73 Å². The van der Waals surface area contributed by atoms with E-state index in [0.29, 0.717) is 45.9 Å². The van der Waals surface area contributed by atoms with Crippen LogP contribution in [0.4, 0.5) is 5.82 Å². The van der Waals surface area contributed by atoms with Gasteiger partial charge in [0.05, 0.1) is 5.56 Å². The summed E-state index contributed by atoms with van der Waals surface area (Å²) >= 11 is 0. The molecule has 1 atom stereocenters. The molecule has 0 bridgehead atoms. The number of nitriles is 1. The minimum absolute atomic E-state index is 0.210. The van der Waals surface area contributed by atoms with Crippen LogP contribution in [0, 0.1) is 29.1 Å². The van der Waals surface area contributed by atoms with E-state index in [1.54, 1.807) is 31.4 Å². The zero-order valence-electron chi connectivity index (χ0n) is 18.2. The molecule has 0 unspecified atom stereocenters. The molecule has 2 aromatic heterocycles. The summed E-state index contributed by atoms with van der Waals surface area (Å²) < 4.78 is 0. The Morgan fingerprint density at radius 3 is 2.78 bits per heavy atom. The van der Waals surface area contributed by atoms with Crippen LogP contribution in [0.3, 0.4) is 0 Å². The number of carbonyl (C=O) groups is 1. The van der Waals surface area contributed by atoms with Crippen LogP contribution in [-0.2, 0) is 4.79 Å². The summed E-state index contributed by atoms with van der Waals surface area (Å²) in [5, 5.41) is 19.9. The largest absolute Gasteiger partial charge is 0.382 e. The minimum Gasteiger partial charge on any atom is -0.382 e. The van der Waals surface area contributed by atoms with Gasteiger partial charge in [-0.15, -0.1) is 0 Å². The summed E-state index contributed by atoms with van der Waals surface area (Å²) in [6.07, 6.45) is 2.39. The number of anilines is 1. The van der Waals surface area contributed by atoms with Crippen molar-refractivity contribution in [3.05, 3.63) is 47.8 Å². The molecule has 2 heterocycles. The van der Waals surface area contributed by atoms with Crippen molar-refractivity contribution >= 4 is 22.6 Å². The second-order valence-electron chi connectivity index (χ2n) is 7.82. The number of aliphatic hydroxyl groups is 1. The van der Waals surface area contributed by atoms with E-state index in [2.05, 4.69) is 46.7 Å². The molecule has 162 valence electrons. The van der Waals surface area contributed by atoms with Gasteiger partial charge in [-0.25, -0.2) is 15.0 Å². The van der Waals surface area contributed by atoms with Crippen molar-refractivity contribution < 1.29 is 9.90 Å². The van der Waals surface area contributed by atoms with Crippen LogP contribution in [0.2, 0.25) is 0 Å². The molecular weight excluding hydrogens is 404 g/mol. The van der Waals surface area contributed by atoms with Gasteiger partial charge in [0.25, 0.3) is 5.91 Å². The number of benzene rings is 1. The third-order valence-electron chi connectivity index (χ3n) is 4.90. The zero-order chi connectivity index (χ0) is 23.3. The van der Waals surface area contributed by atoms with Gasteiger partial charge in [0, 0.05) is 42.5 Å². The van der Waals surface area contributed by atoms with E-state index >= 15 is 0 Å². The molecule has 3 rings (SSSR count). The molecular formula is C24H24N6O2. The number of nitrogens with two attached hydrogens (primary N) is 1. The predicted molar refractivity (Wildman–Crippen MR) is 122 cm³/mol. The second-order valence-corrected chi connectivity index (χ2v) is 7.82. The van der Waals surface area contributed by atoms with Crippen LogP contribution in [0.1, 0.15) is 31.4 Å². The summed E-state index contributed by atoms with van der Waals surface area (Å²) in [4.78, 5) is 26.6. The molecule has 3 aromatic rings. The van der Waals surface area contributed by atoms with Gasteiger partial charge in [0.1, 0.15) is 17.4 Å². The number of hydrogen-bond acceptors (Lipinski definition) is 7. The predicted octanol–water partition coefficient (Wildman–Crippen LogP) is 2.36. The maximum absolute atomic E-state index is 12.3. The van der Waals surface area contributed by atoms with E-state index in [9.17, 15) is 15.2 Å². The van der Waals surface area contributed by atoms with Crippen molar-refractivity contribution in [2.45, 2.75) is 26.4 Å². The van der Waals surface area contributed by atoms with Crippen molar-refractivity contribution in [1.82, 2.24) is 19.9 Å². The molecule has 8 heteroatoms. The van der Waals surface area contributed by atoms with Crippen molar-refractivity contribution in [2.24, 2.45) is 5.92 Å². The van der Waals surface area contributed by atoms with E-state index in [1.807, 2.05) is 6.07 Å². The van der Waals surface area contributed by atoms with Gasteiger partial charge in [0.2, 0.25) is 0 Å². The maximum Gasteiger partial charge on any atom is 0.263 e. The molecule has 1 amide bonds. The lowest BCUT2D eigenvalue weighted by atomic mass is 10.1. The minimum atomic E-state index is -1.40. The van der Waals surface area contributed by atoms with Crippen molar-refractivity contribution in [3.8, 4) is 29.3 Å². The van der Waals surface area contributed by atoms with Gasteiger partial charge in [-0.05, 0) is 24.5 Å². The Balaban J connectivity index is 1.83. The van der Waals surface area contributed by atoms with E-state index in [-0.39, 0.29) is 5.82 Å². The first-order chi connectivity index (χ1) is 15.3. The van der Waals surface area contributed by atoms with Crippen LogP contribution >= 0.6 is 0 Å². The summed E-state index contributed by atoms with van der Waals surface area (Å²) in [5.74, 6) is 6.09. The third kappa shape index (κ3) is 5.18. The average Bonchev–Trinajstić information content (AvgIpc) is 2.80. The molecule has 0 spiro atoms. The number of rotatable bonds is 5. The molecule has 32 heavy (non-hydrogen) atoms. The van der Waals surface area contributed by atoms with E-state index < -0.39 is 12.0 Å². The third-order valence-corrected chi connectivity index (χ3v) is 4.90. The number of fused-ring (bicyclic) bond motifs is 1. The SMILES string of the molecule is CC(C)CCN(C)C(=O)[C@H](O)C#Cc1cccc(-c2ncc3c(C#N)cnc(N)c3n2)c1. The molecule has 0 radical (unpaired) electrons. The molecule has 1 aromatic carbocycles. The number of pyridine rings is 1. The molecule has 0 aliphatic rings. The Morgan fingerprint density at radius 2 is 2.06 bits per heavy atom. The molecule has 0 saturated heterocycles. The standard InChI is InChI=1S/C24H24N6O2/c1-15(2)9-10-30(3)24(32)20(31)8-7-16-5-4-6-17(11-16)23-28-14-19-18(12-25)13-27-22(26)21(19)29-23/h4-6,11,13-15,20,31H,9-10H2,1-3H3,(H2,26,27)/t20-/m1/s1. The molecule has 3 N–H and O–H groups in total. The summed E-state index contributed by atoms with van der Waals surface area (Å²) in [7, 11) is 1.66. The van der Waals surface area contributed by atoms with Gasteiger partial charge in [0.15, 0.2) is 11.9 Å². The Bertz CT molecular complexity index is 1250. The summed E-state index contributed by atoms with van der Waals surface area (Å²) in [6, 6.07) is 9.16. The quantitative estimate of drug-likeness (QED) is 0.597. The molecule has 0 saturated carbocycles. The molecule has 8 nitrogen and oxygen atoms in total. The van der Waals surface area contributed by atoms with Crippen LogP contribution in [0.15, 0.2) is 36.7 Å². The van der Waals surface area contributed by atoms with Crippen LogP contribution in [-0.4, -0.2) is 50.6 Å². The number of nitrogen functional groups attached to an aromatic ring is 1. The highest BCUT2D eigenvalue weighted by atomic mass is 16.3.